The minimum Gasteiger partial charge on any atom is -0.444 e. The van der Waals surface area contributed by atoms with Crippen LogP contribution in [0.1, 0.15) is 33.6 Å². The van der Waals surface area contributed by atoms with Crippen LogP contribution in [0.25, 0.3) is 0 Å². The Hall–Kier alpha value is -2.09. The van der Waals surface area contributed by atoms with E-state index in [0.717, 1.165) is 0 Å². The standard InChI is InChI=1S/C15H21ClN4O4/c1-15(2,3)24-14(21)19(4)10-7-9(8-10)17-13-11(20(22)23)5-6-12(16)18-13/h5-6,9-10H,7-8H2,1-4H3,(H,17,18)/t9-,10-. The number of rotatable bonds is 4. The number of halogens is 1. The molecular formula is C15H21ClN4O4. The molecule has 1 N–H and O–H groups in total. The van der Waals surface area contributed by atoms with Gasteiger partial charge in [-0.15, -0.1) is 0 Å². The lowest BCUT2D eigenvalue weighted by Crippen LogP contribution is -2.51. The summed E-state index contributed by atoms with van der Waals surface area (Å²) >= 11 is 5.81. The van der Waals surface area contributed by atoms with Crippen LogP contribution in [0.3, 0.4) is 0 Å². The van der Waals surface area contributed by atoms with Gasteiger partial charge in [0.25, 0.3) is 0 Å². The SMILES string of the molecule is CN(C(=O)OC(C)(C)C)[C@H]1C[C@H](Nc2nc(Cl)ccc2[N+](=O)[O-])C1. The van der Waals surface area contributed by atoms with Crippen LogP contribution in [-0.2, 0) is 4.74 Å². The van der Waals surface area contributed by atoms with Gasteiger partial charge >= 0.3 is 11.8 Å². The van der Waals surface area contributed by atoms with Crippen LogP contribution in [0.5, 0.6) is 0 Å². The van der Waals surface area contributed by atoms with E-state index >= 15 is 0 Å². The first-order valence-electron chi connectivity index (χ1n) is 7.60. The molecule has 1 amide bonds. The lowest BCUT2D eigenvalue weighted by atomic mass is 9.86. The Morgan fingerprint density at radius 3 is 2.62 bits per heavy atom. The van der Waals surface area contributed by atoms with Crippen molar-refractivity contribution in [2.75, 3.05) is 12.4 Å². The summed E-state index contributed by atoms with van der Waals surface area (Å²) in [7, 11) is 1.69. The second-order valence-corrected chi connectivity index (χ2v) is 7.20. The lowest BCUT2D eigenvalue weighted by Gasteiger charge is -2.41. The molecule has 0 aliphatic heterocycles. The van der Waals surface area contributed by atoms with Crippen molar-refractivity contribution >= 4 is 29.2 Å². The van der Waals surface area contributed by atoms with Gasteiger partial charge in [-0.2, -0.15) is 0 Å². The number of nitrogens with zero attached hydrogens (tertiary/aromatic N) is 3. The van der Waals surface area contributed by atoms with Crippen molar-refractivity contribution in [2.45, 2.75) is 51.3 Å². The smallest absolute Gasteiger partial charge is 0.410 e. The molecule has 0 unspecified atom stereocenters. The molecule has 24 heavy (non-hydrogen) atoms. The van der Waals surface area contributed by atoms with Gasteiger partial charge in [0.15, 0.2) is 0 Å². The average molecular weight is 357 g/mol. The Labute approximate surface area is 145 Å². The molecule has 1 fully saturated rings. The van der Waals surface area contributed by atoms with Crippen molar-refractivity contribution in [2.24, 2.45) is 0 Å². The number of aromatic nitrogens is 1. The predicted octanol–water partition coefficient (Wildman–Crippen LogP) is 3.45. The molecule has 0 aromatic carbocycles. The third kappa shape index (κ3) is 4.47. The first-order valence-corrected chi connectivity index (χ1v) is 7.98. The van der Waals surface area contributed by atoms with E-state index in [1.807, 2.05) is 20.8 Å². The van der Waals surface area contributed by atoms with Gasteiger partial charge in [0.05, 0.1) is 4.92 Å². The number of carbonyl (C=O) groups is 1. The maximum atomic E-state index is 12.0. The first kappa shape index (κ1) is 18.3. The Kier molecular flexibility index (Phi) is 5.17. The molecule has 1 aromatic rings. The van der Waals surface area contributed by atoms with Gasteiger partial charge in [0, 0.05) is 25.2 Å². The maximum Gasteiger partial charge on any atom is 0.410 e. The van der Waals surface area contributed by atoms with Crippen molar-refractivity contribution < 1.29 is 14.5 Å². The number of nitrogens with one attached hydrogen (secondary N) is 1. The van der Waals surface area contributed by atoms with Gasteiger partial charge in [0.2, 0.25) is 5.82 Å². The number of carbonyl (C=O) groups excluding carboxylic acids is 1. The molecule has 0 atom stereocenters. The number of hydrogen-bond donors (Lipinski definition) is 1. The van der Waals surface area contributed by atoms with Gasteiger partial charge in [-0.05, 0) is 39.7 Å². The number of amides is 1. The van der Waals surface area contributed by atoms with Gasteiger partial charge in [0.1, 0.15) is 10.8 Å². The Bertz CT molecular complexity index is 641. The summed E-state index contributed by atoms with van der Waals surface area (Å²) in [6, 6.07) is 2.71. The molecule has 1 heterocycles. The van der Waals surface area contributed by atoms with Crippen molar-refractivity contribution in [3.05, 3.63) is 27.4 Å². The largest absolute Gasteiger partial charge is 0.444 e. The van der Waals surface area contributed by atoms with Crippen LogP contribution >= 0.6 is 11.6 Å². The van der Waals surface area contributed by atoms with E-state index < -0.39 is 10.5 Å². The predicted molar refractivity (Wildman–Crippen MR) is 90.3 cm³/mol. The third-order valence-corrected chi connectivity index (χ3v) is 3.93. The summed E-state index contributed by atoms with van der Waals surface area (Å²) < 4.78 is 5.32. The van der Waals surface area contributed by atoms with E-state index in [1.165, 1.54) is 12.1 Å². The zero-order valence-corrected chi connectivity index (χ0v) is 14.8. The molecule has 8 nitrogen and oxygen atoms in total. The van der Waals surface area contributed by atoms with E-state index in [1.54, 1.807) is 11.9 Å². The quantitative estimate of drug-likeness (QED) is 0.504. The highest BCUT2D eigenvalue weighted by Crippen LogP contribution is 2.32. The van der Waals surface area contributed by atoms with Crippen LogP contribution in [-0.4, -0.2) is 45.6 Å². The fraction of sp³-hybridized carbons (Fsp3) is 0.600. The van der Waals surface area contributed by atoms with Gasteiger partial charge in [-0.25, -0.2) is 9.78 Å². The molecule has 9 heteroatoms. The van der Waals surface area contributed by atoms with Gasteiger partial charge < -0.3 is 15.0 Å². The first-order chi connectivity index (χ1) is 11.1. The summed E-state index contributed by atoms with van der Waals surface area (Å²) in [6.45, 7) is 5.44. The number of anilines is 1. The highest BCUT2D eigenvalue weighted by molar-refractivity contribution is 6.29. The van der Waals surface area contributed by atoms with Crippen molar-refractivity contribution in [3.63, 3.8) is 0 Å². The van der Waals surface area contributed by atoms with Gasteiger partial charge in [-0.3, -0.25) is 10.1 Å². The van der Waals surface area contributed by atoms with Gasteiger partial charge in [-0.1, -0.05) is 11.6 Å². The molecule has 1 aromatic heterocycles. The normalized spacial score (nSPS) is 20.0. The Morgan fingerprint density at radius 1 is 1.46 bits per heavy atom. The molecule has 1 saturated carbocycles. The molecule has 132 valence electrons. The van der Waals surface area contributed by atoms with Crippen molar-refractivity contribution in [1.29, 1.82) is 0 Å². The number of pyridine rings is 1. The molecule has 0 saturated heterocycles. The summed E-state index contributed by atoms with van der Waals surface area (Å²) in [6.07, 6.45) is 0.931. The van der Waals surface area contributed by atoms with E-state index in [-0.39, 0.29) is 34.8 Å². The van der Waals surface area contributed by atoms with Crippen LogP contribution in [0.4, 0.5) is 16.3 Å². The summed E-state index contributed by atoms with van der Waals surface area (Å²) in [5.74, 6) is 0.149. The van der Waals surface area contributed by atoms with Crippen molar-refractivity contribution in [3.8, 4) is 0 Å². The zero-order chi connectivity index (χ0) is 18.1. The van der Waals surface area contributed by atoms with Crippen LogP contribution in [0.2, 0.25) is 5.15 Å². The van der Waals surface area contributed by atoms with E-state index in [2.05, 4.69) is 10.3 Å². The molecule has 1 aliphatic rings. The average Bonchev–Trinajstić information content (AvgIpc) is 2.39. The zero-order valence-electron chi connectivity index (χ0n) is 14.1. The fourth-order valence-corrected chi connectivity index (χ4v) is 2.53. The number of nitro groups is 1. The Morgan fingerprint density at radius 2 is 2.08 bits per heavy atom. The highest BCUT2D eigenvalue weighted by Gasteiger charge is 2.37. The van der Waals surface area contributed by atoms with E-state index in [0.29, 0.717) is 12.8 Å². The van der Waals surface area contributed by atoms with E-state index in [9.17, 15) is 14.9 Å². The van der Waals surface area contributed by atoms with Crippen LogP contribution < -0.4 is 5.32 Å². The highest BCUT2D eigenvalue weighted by atomic mass is 35.5. The number of hydrogen-bond acceptors (Lipinski definition) is 6. The molecule has 0 radical (unpaired) electrons. The fourth-order valence-electron chi connectivity index (χ4n) is 2.38. The molecular weight excluding hydrogens is 336 g/mol. The van der Waals surface area contributed by atoms with Crippen LogP contribution in [0, 0.1) is 10.1 Å². The maximum absolute atomic E-state index is 12.0. The topological polar surface area (TPSA) is 97.6 Å². The molecule has 1 aliphatic carbocycles. The van der Waals surface area contributed by atoms with Crippen LogP contribution in [0.15, 0.2) is 12.1 Å². The second kappa shape index (κ2) is 6.80. The summed E-state index contributed by atoms with van der Waals surface area (Å²) in [5, 5.41) is 14.2. The minimum absolute atomic E-state index is 0.00967. The van der Waals surface area contributed by atoms with Crippen molar-refractivity contribution in [1.82, 2.24) is 9.88 Å². The molecule has 2 rings (SSSR count). The summed E-state index contributed by atoms with van der Waals surface area (Å²) in [4.78, 5) is 28.1. The second-order valence-electron chi connectivity index (χ2n) is 6.82. The molecule has 0 spiro atoms. The monoisotopic (exact) mass is 356 g/mol. The Balaban J connectivity index is 1.93. The number of ether oxygens (including phenoxy) is 1. The lowest BCUT2D eigenvalue weighted by molar-refractivity contribution is -0.384. The minimum atomic E-state index is -0.544. The summed E-state index contributed by atoms with van der Waals surface area (Å²) in [5.41, 5.74) is -0.665. The third-order valence-electron chi connectivity index (χ3n) is 3.72. The molecule has 0 bridgehead atoms. The van der Waals surface area contributed by atoms with E-state index in [4.69, 9.17) is 16.3 Å².